The molecule has 1 saturated heterocycles. The summed E-state index contributed by atoms with van der Waals surface area (Å²) in [6.07, 6.45) is 1.02. The molecule has 1 atom stereocenters. The molecule has 0 radical (unpaired) electrons. The third-order valence-corrected chi connectivity index (χ3v) is 4.14. The highest BCUT2D eigenvalue weighted by molar-refractivity contribution is 5.89. The van der Waals surface area contributed by atoms with Gasteiger partial charge in [-0.3, -0.25) is 4.79 Å². The number of ether oxygens (including phenoxy) is 1. The molecule has 1 aliphatic rings. The maximum Gasteiger partial charge on any atom is 0.319 e. The number of nitrogens with one attached hydrogen (secondary N) is 2. The highest BCUT2D eigenvalue weighted by Crippen LogP contribution is 2.31. The second kappa shape index (κ2) is 8.58. The van der Waals surface area contributed by atoms with E-state index in [2.05, 4.69) is 20.8 Å². The van der Waals surface area contributed by atoms with E-state index < -0.39 is 6.03 Å². The largest absolute Gasteiger partial charge is 0.383 e. The van der Waals surface area contributed by atoms with Gasteiger partial charge in [0, 0.05) is 25.8 Å². The maximum atomic E-state index is 12.9. The molecule has 0 spiro atoms. The summed E-state index contributed by atoms with van der Waals surface area (Å²) < 4.78 is 23.1. The predicted octanol–water partition coefficient (Wildman–Crippen LogP) is 1.84. The molecular formula is C17H20FN5O4. The summed E-state index contributed by atoms with van der Waals surface area (Å²) in [7, 11) is 1.57. The summed E-state index contributed by atoms with van der Waals surface area (Å²) in [5.74, 6) is 0.275. The number of hydrogen-bond donors (Lipinski definition) is 2. The topological polar surface area (TPSA) is 110 Å². The summed E-state index contributed by atoms with van der Waals surface area (Å²) in [5, 5.41) is 9.00. The van der Waals surface area contributed by atoms with E-state index in [1.165, 1.54) is 24.3 Å². The highest BCUT2D eigenvalue weighted by atomic mass is 19.1. The maximum absolute atomic E-state index is 12.9. The Morgan fingerprint density at radius 2 is 2.19 bits per heavy atom. The van der Waals surface area contributed by atoms with Crippen LogP contribution >= 0.6 is 0 Å². The van der Waals surface area contributed by atoms with Crippen molar-refractivity contribution < 1.29 is 23.2 Å². The van der Waals surface area contributed by atoms with Crippen molar-refractivity contribution in [1.82, 2.24) is 20.4 Å². The second-order valence-corrected chi connectivity index (χ2v) is 6.00. The molecular weight excluding hydrogens is 357 g/mol. The molecule has 0 aliphatic carbocycles. The molecule has 1 aromatic heterocycles. The van der Waals surface area contributed by atoms with Crippen LogP contribution in [0.5, 0.6) is 0 Å². The van der Waals surface area contributed by atoms with Gasteiger partial charge in [-0.2, -0.15) is 4.98 Å². The van der Waals surface area contributed by atoms with E-state index in [1.807, 2.05) is 0 Å². The number of rotatable bonds is 7. The van der Waals surface area contributed by atoms with E-state index in [1.54, 1.807) is 12.0 Å². The van der Waals surface area contributed by atoms with Crippen molar-refractivity contribution in [3.63, 3.8) is 0 Å². The van der Waals surface area contributed by atoms with Gasteiger partial charge in [0.25, 0.3) is 0 Å². The van der Waals surface area contributed by atoms with Gasteiger partial charge in [-0.15, -0.1) is 0 Å². The van der Waals surface area contributed by atoms with Crippen molar-refractivity contribution in [2.24, 2.45) is 0 Å². The summed E-state index contributed by atoms with van der Waals surface area (Å²) in [4.78, 5) is 29.8. The fourth-order valence-electron chi connectivity index (χ4n) is 2.80. The van der Waals surface area contributed by atoms with Crippen LogP contribution in [0.4, 0.5) is 14.9 Å². The number of benzene rings is 1. The van der Waals surface area contributed by atoms with Crippen LogP contribution < -0.4 is 10.6 Å². The summed E-state index contributed by atoms with van der Waals surface area (Å²) >= 11 is 0. The van der Waals surface area contributed by atoms with Crippen LogP contribution in [-0.4, -0.2) is 47.2 Å². The van der Waals surface area contributed by atoms with Crippen molar-refractivity contribution in [3.8, 4) is 0 Å². The van der Waals surface area contributed by atoms with Gasteiger partial charge in [0.15, 0.2) is 5.82 Å². The van der Waals surface area contributed by atoms with Gasteiger partial charge in [-0.25, -0.2) is 9.18 Å². The van der Waals surface area contributed by atoms with Gasteiger partial charge in [0.2, 0.25) is 11.8 Å². The average molecular weight is 377 g/mol. The number of hydrogen-bond acceptors (Lipinski definition) is 6. The van der Waals surface area contributed by atoms with E-state index >= 15 is 0 Å². The molecule has 3 rings (SSSR count). The Morgan fingerprint density at radius 3 is 2.93 bits per heavy atom. The van der Waals surface area contributed by atoms with E-state index in [9.17, 15) is 14.0 Å². The first-order valence-corrected chi connectivity index (χ1v) is 8.48. The minimum absolute atomic E-state index is 0.0219. The van der Waals surface area contributed by atoms with Crippen LogP contribution in [0.1, 0.15) is 30.6 Å². The smallest absolute Gasteiger partial charge is 0.319 e. The number of carbonyl (C=O) groups is 2. The lowest BCUT2D eigenvalue weighted by Crippen LogP contribution is -2.31. The molecule has 144 valence electrons. The number of amides is 3. The molecule has 1 aromatic carbocycles. The van der Waals surface area contributed by atoms with E-state index in [4.69, 9.17) is 9.26 Å². The lowest BCUT2D eigenvalue weighted by molar-refractivity contribution is -0.130. The van der Waals surface area contributed by atoms with E-state index in [0.717, 1.165) is 0 Å². The third kappa shape index (κ3) is 4.79. The van der Waals surface area contributed by atoms with Crippen LogP contribution in [0.25, 0.3) is 0 Å². The van der Waals surface area contributed by atoms with Crippen molar-refractivity contribution >= 4 is 17.6 Å². The first-order chi connectivity index (χ1) is 13.1. The van der Waals surface area contributed by atoms with Crippen LogP contribution in [0.3, 0.4) is 0 Å². The standard InChI is InChI=1S/C17H20FN5O4/c1-26-9-8-23-13(6-7-15(23)24)16-21-14(22-27-16)10-19-17(25)20-12-4-2-11(18)3-5-12/h2-5,13H,6-10H2,1H3,(H2,19,20,25)/t13-/m0/s1. The second-order valence-electron chi connectivity index (χ2n) is 6.00. The molecule has 3 amide bonds. The summed E-state index contributed by atoms with van der Waals surface area (Å²) in [6, 6.07) is 4.64. The normalized spacial score (nSPS) is 16.6. The number of methoxy groups -OCH3 is 1. The van der Waals surface area contributed by atoms with Gasteiger partial charge in [-0.1, -0.05) is 5.16 Å². The SMILES string of the molecule is COCCN1C(=O)CC[C@H]1c1nc(CNC(=O)Nc2ccc(F)cc2)no1. The lowest BCUT2D eigenvalue weighted by atomic mass is 10.2. The highest BCUT2D eigenvalue weighted by Gasteiger charge is 2.35. The Hall–Kier alpha value is -3.01. The van der Waals surface area contributed by atoms with Gasteiger partial charge in [0.1, 0.15) is 11.9 Å². The number of anilines is 1. The first kappa shape index (κ1) is 18.8. The Kier molecular flexibility index (Phi) is 5.97. The molecule has 2 N–H and O–H groups in total. The van der Waals surface area contributed by atoms with Gasteiger partial charge in [0.05, 0.1) is 13.2 Å². The van der Waals surface area contributed by atoms with Crippen LogP contribution in [0.15, 0.2) is 28.8 Å². The molecule has 0 unspecified atom stereocenters. The zero-order valence-electron chi connectivity index (χ0n) is 14.8. The minimum atomic E-state index is -0.481. The average Bonchev–Trinajstić information content (AvgIpc) is 3.27. The fourth-order valence-corrected chi connectivity index (χ4v) is 2.80. The zero-order chi connectivity index (χ0) is 19.2. The molecule has 1 aliphatic heterocycles. The molecule has 1 fully saturated rings. The third-order valence-electron chi connectivity index (χ3n) is 4.14. The minimum Gasteiger partial charge on any atom is -0.383 e. The molecule has 0 bridgehead atoms. The van der Waals surface area contributed by atoms with Crippen LogP contribution in [-0.2, 0) is 16.1 Å². The number of nitrogens with zero attached hydrogens (tertiary/aromatic N) is 3. The molecule has 2 heterocycles. The van der Waals surface area contributed by atoms with Crippen LogP contribution in [0.2, 0.25) is 0 Å². The summed E-state index contributed by atoms with van der Waals surface area (Å²) in [6.45, 7) is 0.930. The lowest BCUT2D eigenvalue weighted by Gasteiger charge is -2.21. The molecule has 9 nitrogen and oxygen atoms in total. The van der Waals surface area contributed by atoms with Gasteiger partial charge >= 0.3 is 6.03 Å². The van der Waals surface area contributed by atoms with Crippen molar-refractivity contribution in [3.05, 3.63) is 41.8 Å². The number of aromatic nitrogens is 2. The summed E-state index contributed by atoms with van der Waals surface area (Å²) in [5.41, 5.74) is 0.459. The van der Waals surface area contributed by atoms with Crippen molar-refractivity contribution in [2.45, 2.75) is 25.4 Å². The van der Waals surface area contributed by atoms with E-state index in [0.29, 0.717) is 43.4 Å². The molecule has 0 saturated carbocycles. The molecule has 10 heteroatoms. The van der Waals surface area contributed by atoms with Gasteiger partial charge < -0.3 is 24.8 Å². The van der Waals surface area contributed by atoms with E-state index in [-0.39, 0.29) is 24.3 Å². The Morgan fingerprint density at radius 1 is 1.41 bits per heavy atom. The molecule has 2 aromatic rings. The predicted molar refractivity (Wildman–Crippen MR) is 92.1 cm³/mol. The number of halogens is 1. The number of urea groups is 1. The van der Waals surface area contributed by atoms with Gasteiger partial charge in [-0.05, 0) is 30.7 Å². The first-order valence-electron chi connectivity index (χ1n) is 8.48. The van der Waals surface area contributed by atoms with Crippen molar-refractivity contribution in [1.29, 1.82) is 0 Å². The molecule has 27 heavy (non-hydrogen) atoms. The Balaban J connectivity index is 1.53. The van der Waals surface area contributed by atoms with Crippen LogP contribution in [0, 0.1) is 5.82 Å². The zero-order valence-corrected chi connectivity index (χ0v) is 14.8. The monoisotopic (exact) mass is 377 g/mol. The fraction of sp³-hybridized carbons (Fsp3) is 0.412. The Bertz CT molecular complexity index is 795. The number of carbonyl (C=O) groups excluding carboxylic acids is 2. The number of likely N-dealkylation sites (tertiary alicyclic amines) is 1. The Labute approximate surface area is 154 Å². The van der Waals surface area contributed by atoms with Crippen molar-refractivity contribution in [2.75, 3.05) is 25.6 Å². The quantitative estimate of drug-likeness (QED) is 0.762.